The van der Waals surface area contributed by atoms with Gasteiger partial charge in [-0.15, -0.1) is 0 Å². The molecule has 0 saturated carbocycles. The fourth-order valence-electron chi connectivity index (χ4n) is 5.37. The van der Waals surface area contributed by atoms with Crippen molar-refractivity contribution in [3.05, 3.63) is 145 Å². The molecule has 4 aromatic carbocycles. The lowest BCUT2D eigenvalue weighted by molar-refractivity contribution is 1.38. The summed E-state index contributed by atoms with van der Waals surface area (Å²) in [5.41, 5.74) is 11.1. The summed E-state index contributed by atoms with van der Waals surface area (Å²) in [5.74, 6) is 0. The van der Waals surface area contributed by atoms with E-state index >= 15 is 0 Å². The molecule has 4 nitrogen and oxygen atoms in total. The molecular weight excluding hydrogens is 512 g/mol. The second-order valence-corrected chi connectivity index (χ2v) is 10.6. The van der Waals surface area contributed by atoms with Gasteiger partial charge in [0.05, 0.1) is 22.1 Å². The lowest BCUT2D eigenvalue weighted by atomic mass is 10.0. The van der Waals surface area contributed by atoms with E-state index in [1.54, 1.807) is 0 Å². The van der Waals surface area contributed by atoms with Gasteiger partial charge in [-0.2, -0.15) is 0 Å². The SMILES string of the molecule is Cc1ccc(-c2cnc3ccc4cccnc4c3c2)cc1.Cc1cccc(-c2cnc3ccc4cccnc4c3c2)c1. The van der Waals surface area contributed by atoms with Crippen LogP contribution in [0.5, 0.6) is 0 Å². The van der Waals surface area contributed by atoms with Crippen molar-refractivity contribution in [3.63, 3.8) is 0 Å². The van der Waals surface area contributed by atoms with Crippen LogP contribution < -0.4 is 0 Å². The van der Waals surface area contributed by atoms with Gasteiger partial charge in [0.1, 0.15) is 0 Å². The number of hydrogen-bond acceptors (Lipinski definition) is 4. The highest BCUT2D eigenvalue weighted by Crippen LogP contribution is 2.29. The first-order valence-corrected chi connectivity index (χ1v) is 14.0. The number of aromatic nitrogens is 4. The van der Waals surface area contributed by atoms with Gasteiger partial charge < -0.3 is 0 Å². The number of benzene rings is 4. The standard InChI is InChI=1S/2C19H14N2/c1-13-4-2-5-15(10-13)16-11-17-18(21-12-16)8-7-14-6-3-9-20-19(14)17;1-13-4-6-14(7-5-13)16-11-17-18(21-12-16)9-8-15-3-2-10-20-19(15)17/h2*2-12H,1H3. The average molecular weight is 541 g/mol. The van der Waals surface area contributed by atoms with Gasteiger partial charge in [0.15, 0.2) is 0 Å². The molecule has 0 aliphatic heterocycles. The molecule has 0 aliphatic carbocycles. The monoisotopic (exact) mass is 540 g/mol. The first kappa shape index (κ1) is 25.5. The molecule has 4 aromatic heterocycles. The van der Waals surface area contributed by atoms with Gasteiger partial charge in [-0.1, -0.05) is 83.9 Å². The summed E-state index contributed by atoms with van der Waals surface area (Å²) in [4.78, 5) is 18.2. The van der Waals surface area contributed by atoms with Crippen molar-refractivity contribution in [2.45, 2.75) is 13.8 Å². The summed E-state index contributed by atoms with van der Waals surface area (Å²) >= 11 is 0. The van der Waals surface area contributed by atoms with E-state index in [1.165, 1.54) is 22.3 Å². The quantitative estimate of drug-likeness (QED) is 0.205. The molecule has 0 aliphatic rings. The number of fused-ring (bicyclic) bond motifs is 6. The summed E-state index contributed by atoms with van der Waals surface area (Å²) in [6, 6.07) is 37.7. The van der Waals surface area contributed by atoms with Crippen LogP contribution in [-0.4, -0.2) is 19.9 Å². The predicted octanol–water partition coefficient (Wildman–Crippen LogP) is 9.52. The van der Waals surface area contributed by atoms with Gasteiger partial charge in [-0.3, -0.25) is 19.9 Å². The highest BCUT2D eigenvalue weighted by molar-refractivity contribution is 6.05. The first-order valence-electron chi connectivity index (χ1n) is 14.0. The molecule has 0 bridgehead atoms. The van der Waals surface area contributed by atoms with E-state index in [0.717, 1.165) is 54.7 Å². The highest BCUT2D eigenvalue weighted by atomic mass is 14.7. The Bertz CT molecular complexity index is 2220. The minimum Gasteiger partial charge on any atom is -0.256 e. The topological polar surface area (TPSA) is 51.6 Å². The fourth-order valence-corrected chi connectivity index (χ4v) is 5.37. The minimum atomic E-state index is 0.983. The molecule has 8 aromatic rings. The van der Waals surface area contributed by atoms with Gasteiger partial charge in [-0.05, 0) is 61.4 Å². The van der Waals surface area contributed by atoms with Crippen LogP contribution >= 0.6 is 0 Å². The second kappa shape index (κ2) is 10.8. The van der Waals surface area contributed by atoms with Crippen molar-refractivity contribution in [2.75, 3.05) is 0 Å². The van der Waals surface area contributed by atoms with Crippen molar-refractivity contribution in [2.24, 2.45) is 0 Å². The number of hydrogen-bond donors (Lipinski definition) is 0. The van der Waals surface area contributed by atoms with E-state index in [9.17, 15) is 0 Å². The number of aryl methyl sites for hydroxylation is 2. The van der Waals surface area contributed by atoms with E-state index in [2.05, 4.69) is 131 Å². The van der Waals surface area contributed by atoms with Gasteiger partial charge in [0, 0.05) is 57.5 Å². The average Bonchev–Trinajstić information content (AvgIpc) is 3.05. The van der Waals surface area contributed by atoms with Crippen LogP contribution in [0.3, 0.4) is 0 Å². The fraction of sp³-hybridized carbons (Fsp3) is 0.0526. The molecule has 0 fully saturated rings. The van der Waals surface area contributed by atoms with Crippen LogP contribution in [0.15, 0.2) is 134 Å². The van der Waals surface area contributed by atoms with Crippen LogP contribution in [-0.2, 0) is 0 Å². The van der Waals surface area contributed by atoms with Crippen molar-refractivity contribution >= 4 is 43.6 Å². The maximum absolute atomic E-state index is 4.60. The van der Waals surface area contributed by atoms with Gasteiger partial charge >= 0.3 is 0 Å². The van der Waals surface area contributed by atoms with E-state index in [0.29, 0.717) is 0 Å². The zero-order valence-electron chi connectivity index (χ0n) is 23.5. The molecule has 0 atom stereocenters. The van der Waals surface area contributed by atoms with Crippen molar-refractivity contribution in [3.8, 4) is 22.3 Å². The predicted molar refractivity (Wildman–Crippen MR) is 174 cm³/mol. The van der Waals surface area contributed by atoms with Crippen LogP contribution in [0.1, 0.15) is 11.1 Å². The summed E-state index contributed by atoms with van der Waals surface area (Å²) in [6.07, 6.45) is 7.54. The maximum Gasteiger partial charge on any atom is 0.0796 e. The summed E-state index contributed by atoms with van der Waals surface area (Å²) < 4.78 is 0. The van der Waals surface area contributed by atoms with E-state index in [1.807, 2.05) is 36.9 Å². The molecule has 0 amide bonds. The van der Waals surface area contributed by atoms with Crippen LogP contribution in [0.4, 0.5) is 0 Å². The number of rotatable bonds is 2. The molecule has 8 rings (SSSR count). The van der Waals surface area contributed by atoms with Gasteiger partial charge in [0.25, 0.3) is 0 Å². The molecule has 0 saturated heterocycles. The second-order valence-electron chi connectivity index (χ2n) is 10.6. The normalized spacial score (nSPS) is 11.1. The lowest BCUT2D eigenvalue weighted by Crippen LogP contribution is -1.87. The Morgan fingerprint density at radius 2 is 0.976 bits per heavy atom. The number of pyridine rings is 4. The molecule has 4 heterocycles. The molecule has 0 N–H and O–H groups in total. The third-order valence-electron chi connectivity index (χ3n) is 7.60. The van der Waals surface area contributed by atoms with Crippen LogP contribution in [0, 0.1) is 13.8 Å². The highest BCUT2D eigenvalue weighted by Gasteiger charge is 2.07. The molecule has 200 valence electrons. The Labute approximate surface area is 244 Å². The van der Waals surface area contributed by atoms with Crippen molar-refractivity contribution in [1.29, 1.82) is 0 Å². The Morgan fingerprint density at radius 3 is 1.55 bits per heavy atom. The van der Waals surface area contributed by atoms with E-state index in [4.69, 9.17) is 0 Å². The van der Waals surface area contributed by atoms with Crippen molar-refractivity contribution in [1.82, 2.24) is 19.9 Å². The summed E-state index contributed by atoms with van der Waals surface area (Å²) in [7, 11) is 0. The summed E-state index contributed by atoms with van der Waals surface area (Å²) in [5, 5.41) is 4.50. The van der Waals surface area contributed by atoms with Crippen molar-refractivity contribution < 1.29 is 0 Å². The third-order valence-corrected chi connectivity index (χ3v) is 7.60. The molecular formula is C38H28N4. The first-order chi connectivity index (χ1) is 20.6. The molecule has 0 unspecified atom stereocenters. The smallest absolute Gasteiger partial charge is 0.0796 e. The Hall–Kier alpha value is -5.48. The summed E-state index contributed by atoms with van der Waals surface area (Å²) in [6.45, 7) is 4.20. The Balaban J connectivity index is 0.000000137. The molecule has 42 heavy (non-hydrogen) atoms. The van der Waals surface area contributed by atoms with Gasteiger partial charge in [0.2, 0.25) is 0 Å². The van der Waals surface area contributed by atoms with Crippen LogP contribution in [0.25, 0.3) is 65.9 Å². The molecule has 0 radical (unpaired) electrons. The van der Waals surface area contributed by atoms with E-state index in [-0.39, 0.29) is 0 Å². The Morgan fingerprint density at radius 1 is 0.405 bits per heavy atom. The van der Waals surface area contributed by atoms with E-state index < -0.39 is 0 Å². The molecule has 4 heteroatoms. The lowest BCUT2D eigenvalue weighted by Gasteiger charge is -2.06. The zero-order valence-corrected chi connectivity index (χ0v) is 23.5. The maximum atomic E-state index is 4.60. The number of nitrogens with zero attached hydrogens (tertiary/aromatic N) is 4. The zero-order chi connectivity index (χ0) is 28.5. The third kappa shape index (κ3) is 4.95. The Kier molecular flexibility index (Phi) is 6.57. The van der Waals surface area contributed by atoms with Crippen LogP contribution in [0.2, 0.25) is 0 Å². The van der Waals surface area contributed by atoms with Gasteiger partial charge in [-0.25, -0.2) is 0 Å². The molecule has 0 spiro atoms. The largest absolute Gasteiger partial charge is 0.256 e. The minimum absolute atomic E-state index is 0.983.